The predicted molar refractivity (Wildman–Crippen MR) is 94.0 cm³/mol. The number of alkyl carbamates (subject to hydrolysis) is 1. The molecule has 25 heavy (non-hydrogen) atoms. The van der Waals surface area contributed by atoms with Gasteiger partial charge in [0, 0.05) is 12.2 Å². The lowest BCUT2D eigenvalue weighted by atomic mass is 10.0. The summed E-state index contributed by atoms with van der Waals surface area (Å²) in [4.78, 5) is 38.5. The Kier molecular flexibility index (Phi) is 6.38. The van der Waals surface area contributed by atoms with Crippen LogP contribution < -0.4 is 10.6 Å². The van der Waals surface area contributed by atoms with Gasteiger partial charge in [0.1, 0.15) is 12.1 Å². The highest BCUT2D eigenvalue weighted by Gasteiger charge is 2.38. The molecule has 2 rings (SSSR count). The van der Waals surface area contributed by atoms with Crippen LogP contribution in [0.5, 0.6) is 0 Å². The third-order valence-corrected chi connectivity index (χ3v) is 4.27. The largest absolute Gasteiger partial charge is 0.453 e. The Morgan fingerprint density at radius 2 is 1.88 bits per heavy atom. The van der Waals surface area contributed by atoms with E-state index in [0.29, 0.717) is 18.7 Å². The van der Waals surface area contributed by atoms with Crippen molar-refractivity contribution in [1.29, 1.82) is 0 Å². The molecule has 0 bridgehead atoms. The van der Waals surface area contributed by atoms with Crippen LogP contribution >= 0.6 is 0 Å². The number of carbonyl (C=O) groups is 3. The second-order valence-corrected chi connectivity index (χ2v) is 6.40. The van der Waals surface area contributed by atoms with Crippen LogP contribution in [0.4, 0.5) is 10.5 Å². The van der Waals surface area contributed by atoms with Crippen LogP contribution in [0.3, 0.4) is 0 Å². The number of ether oxygens (including phenoxy) is 1. The number of rotatable bonds is 5. The van der Waals surface area contributed by atoms with Crippen molar-refractivity contribution in [1.82, 2.24) is 10.2 Å². The van der Waals surface area contributed by atoms with Gasteiger partial charge in [-0.3, -0.25) is 9.59 Å². The summed E-state index contributed by atoms with van der Waals surface area (Å²) in [7, 11) is 1.25. The highest BCUT2D eigenvalue weighted by atomic mass is 16.5. The van der Waals surface area contributed by atoms with Gasteiger partial charge in [0.25, 0.3) is 0 Å². The molecule has 0 saturated carbocycles. The summed E-state index contributed by atoms with van der Waals surface area (Å²) in [5.41, 5.74) is 0.694. The lowest BCUT2D eigenvalue weighted by Crippen LogP contribution is -2.54. The van der Waals surface area contributed by atoms with E-state index in [1.165, 1.54) is 7.11 Å². The van der Waals surface area contributed by atoms with E-state index in [9.17, 15) is 14.4 Å². The summed E-state index contributed by atoms with van der Waals surface area (Å²) in [5, 5.41) is 5.41. The molecule has 7 nitrogen and oxygen atoms in total. The van der Waals surface area contributed by atoms with Crippen molar-refractivity contribution >= 4 is 23.6 Å². The number of hydrogen-bond donors (Lipinski definition) is 2. The Labute approximate surface area is 147 Å². The maximum Gasteiger partial charge on any atom is 0.407 e. The number of benzene rings is 1. The van der Waals surface area contributed by atoms with E-state index < -0.39 is 18.2 Å². The van der Waals surface area contributed by atoms with Gasteiger partial charge >= 0.3 is 6.09 Å². The molecule has 0 aromatic heterocycles. The molecule has 1 heterocycles. The van der Waals surface area contributed by atoms with E-state index in [0.717, 1.165) is 6.42 Å². The SMILES string of the molecule is COC(=O)NC(C(=O)N1CCC[C@H]1C(=O)Nc1ccccc1)C(C)C. The van der Waals surface area contributed by atoms with Gasteiger partial charge in [-0.25, -0.2) is 4.79 Å². The van der Waals surface area contributed by atoms with Crippen molar-refractivity contribution in [2.24, 2.45) is 5.92 Å². The quantitative estimate of drug-likeness (QED) is 0.853. The van der Waals surface area contributed by atoms with Crippen molar-refractivity contribution in [3.05, 3.63) is 30.3 Å². The lowest BCUT2D eigenvalue weighted by molar-refractivity contribution is -0.139. The smallest absolute Gasteiger partial charge is 0.407 e. The molecule has 3 amide bonds. The molecular weight excluding hydrogens is 322 g/mol. The highest BCUT2D eigenvalue weighted by molar-refractivity contribution is 5.98. The highest BCUT2D eigenvalue weighted by Crippen LogP contribution is 2.22. The van der Waals surface area contributed by atoms with E-state index in [1.807, 2.05) is 32.0 Å². The van der Waals surface area contributed by atoms with Gasteiger partial charge in [0.2, 0.25) is 11.8 Å². The first-order chi connectivity index (χ1) is 11.9. The summed E-state index contributed by atoms with van der Waals surface area (Å²) in [6, 6.07) is 7.88. The average molecular weight is 347 g/mol. The number of para-hydroxylation sites is 1. The minimum absolute atomic E-state index is 0.120. The molecule has 0 radical (unpaired) electrons. The first-order valence-electron chi connectivity index (χ1n) is 8.45. The molecule has 0 aliphatic carbocycles. The van der Waals surface area contributed by atoms with Gasteiger partial charge in [-0.15, -0.1) is 0 Å². The molecule has 1 unspecified atom stereocenters. The molecule has 136 valence electrons. The molecule has 2 atom stereocenters. The number of likely N-dealkylation sites (tertiary alicyclic amines) is 1. The monoisotopic (exact) mass is 347 g/mol. The third kappa shape index (κ3) is 4.71. The summed E-state index contributed by atoms with van der Waals surface area (Å²) < 4.78 is 4.60. The zero-order valence-corrected chi connectivity index (χ0v) is 14.8. The van der Waals surface area contributed by atoms with Crippen LogP contribution in [0.1, 0.15) is 26.7 Å². The van der Waals surface area contributed by atoms with Crippen molar-refractivity contribution in [2.75, 3.05) is 19.0 Å². The second-order valence-electron chi connectivity index (χ2n) is 6.40. The lowest BCUT2D eigenvalue weighted by Gasteiger charge is -2.30. The standard InChI is InChI=1S/C18H25N3O4/c1-12(2)15(20-18(24)25-3)17(23)21-11-7-10-14(21)16(22)19-13-8-5-4-6-9-13/h4-6,8-9,12,14-15H,7,10-11H2,1-3H3,(H,19,22)(H,20,24)/t14-,15?/m0/s1. The fraction of sp³-hybridized carbons (Fsp3) is 0.500. The number of amides is 3. The van der Waals surface area contributed by atoms with E-state index >= 15 is 0 Å². The molecular formula is C18H25N3O4. The number of nitrogens with one attached hydrogen (secondary N) is 2. The normalized spacial score (nSPS) is 17.9. The van der Waals surface area contributed by atoms with Gasteiger partial charge in [0.05, 0.1) is 7.11 Å². The maximum atomic E-state index is 12.9. The van der Waals surface area contributed by atoms with Crippen LogP contribution in [0.25, 0.3) is 0 Å². The number of nitrogens with zero attached hydrogens (tertiary/aromatic N) is 1. The van der Waals surface area contributed by atoms with Crippen LogP contribution in [0, 0.1) is 5.92 Å². The van der Waals surface area contributed by atoms with E-state index in [-0.39, 0.29) is 17.7 Å². The summed E-state index contributed by atoms with van der Waals surface area (Å²) in [5.74, 6) is -0.589. The van der Waals surface area contributed by atoms with Crippen LogP contribution in [-0.2, 0) is 14.3 Å². The van der Waals surface area contributed by atoms with Crippen molar-refractivity contribution < 1.29 is 19.1 Å². The summed E-state index contributed by atoms with van der Waals surface area (Å²) >= 11 is 0. The zero-order valence-electron chi connectivity index (χ0n) is 14.8. The first kappa shape index (κ1) is 18.8. The Morgan fingerprint density at radius 1 is 1.20 bits per heavy atom. The van der Waals surface area contributed by atoms with Crippen LogP contribution in [-0.4, -0.2) is 48.5 Å². The minimum atomic E-state index is -0.724. The van der Waals surface area contributed by atoms with E-state index in [2.05, 4.69) is 15.4 Å². The average Bonchev–Trinajstić information content (AvgIpc) is 3.09. The fourth-order valence-corrected chi connectivity index (χ4v) is 2.93. The Balaban J connectivity index is 2.09. The molecule has 1 aromatic rings. The van der Waals surface area contributed by atoms with Crippen LogP contribution in [0.2, 0.25) is 0 Å². The zero-order chi connectivity index (χ0) is 18.4. The second kappa shape index (κ2) is 8.50. The number of carbonyl (C=O) groups excluding carboxylic acids is 3. The Morgan fingerprint density at radius 3 is 2.48 bits per heavy atom. The number of methoxy groups -OCH3 is 1. The molecule has 2 N–H and O–H groups in total. The molecule has 1 aliphatic heterocycles. The molecule has 1 fully saturated rings. The molecule has 1 aromatic carbocycles. The van der Waals surface area contributed by atoms with Crippen molar-refractivity contribution in [3.63, 3.8) is 0 Å². The van der Waals surface area contributed by atoms with E-state index in [1.54, 1.807) is 17.0 Å². The number of anilines is 1. The van der Waals surface area contributed by atoms with Gasteiger partial charge in [-0.1, -0.05) is 32.0 Å². The van der Waals surface area contributed by atoms with Gasteiger partial charge in [0.15, 0.2) is 0 Å². The van der Waals surface area contributed by atoms with Crippen LogP contribution in [0.15, 0.2) is 30.3 Å². The molecule has 7 heteroatoms. The Hall–Kier alpha value is -2.57. The summed E-state index contributed by atoms with van der Waals surface area (Å²) in [6.45, 7) is 4.18. The molecule has 0 spiro atoms. The molecule has 1 aliphatic rings. The van der Waals surface area contributed by atoms with Gasteiger partial charge in [-0.2, -0.15) is 0 Å². The first-order valence-corrected chi connectivity index (χ1v) is 8.45. The summed E-state index contributed by atoms with van der Waals surface area (Å²) in [6.07, 6.45) is 0.700. The third-order valence-electron chi connectivity index (χ3n) is 4.27. The minimum Gasteiger partial charge on any atom is -0.453 e. The Bertz CT molecular complexity index is 618. The van der Waals surface area contributed by atoms with E-state index in [4.69, 9.17) is 0 Å². The van der Waals surface area contributed by atoms with Gasteiger partial charge < -0.3 is 20.3 Å². The maximum absolute atomic E-state index is 12.9. The van der Waals surface area contributed by atoms with Crippen molar-refractivity contribution in [2.45, 2.75) is 38.8 Å². The van der Waals surface area contributed by atoms with Crippen molar-refractivity contribution in [3.8, 4) is 0 Å². The van der Waals surface area contributed by atoms with Gasteiger partial charge in [-0.05, 0) is 30.9 Å². The number of hydrogen-bond acceptors (Lipinski definition) is 4. The topological polar surface area (TPSA) is 87.7 Å². The molecule has 1 saturated heterocycles. The predicted octanol–water partition coefficient (Wildman–Crippen LogP) is 2.00. The fourth-order valence-electron chi connectivity index (χ4n) is 2.93.